The molecule has 0 amide bonds. The first kappa shape index (κ1) is 12.5. The van der Waals surface area contributed by atoms with Crippen LogP contribution >= 0.6 is 22.7 Å². The number of hydrogen-bond acceptors (Lipinski definition) is 6. The first-order valence-corrected chi connectivity index (χ1v) is 7.19. The van der Waals surface area contributed by atoms with Gasteiger partial charge in [-0.3, -0.25) is 0 Å². The van der Waals surface area contributed by atoms with E-state index < -0.39 is 0 Å². The van der Waals surface area contributed by atoms with E-state index in [9.17, 15) is 0 Å². The number of thiophene rings is 1. The van der Waals surface area contributed by atoms with Crippen LogP contribution in [0.4, 0.5) is 0 Å². The Balaban J connectivity index is 2.07. The molecular weight excluding hydrogens is 254 g/mol. The summed E-state index contributed by atoms with van der Waals surface area (Å²) in [4.78, 5) is 1.07. The maximum absolute atomic E-state index is 5.28. The highest BCUT2D eigenvalue weighted by Gasteiger charge is 2.12. The average molecular weight is 269 g/mol. The Labute approximate surface area is 109 Å². The third-order valence-corrected chi connectivity index (χ3v) is 4.31. The number of aromatic nitrogens is 2. The molecule has 0 unspecified atom stereocenters. The van der Waals surface area contributed by atoms with Crippen LogP contribution in [0.1, 0.15) is 11.9 Å². The standard InChI is InChI=1S/C11H15N3OS2/c1-3-12-6-4-9-13-14-11(17-9)10-8(15-2)5-7-16-10/h5,7,12H,3-4,6H2,1-2H3. The average Bonchev–Trinajstić information content (AvgIpc) is 2.96. The van der Waals surface area contributed by atoms with Crippen LogP contribution in [0.15, 0.2) is 11.4 Å². The quantitative estimate of drug-likeness (QED) is 0.818. The Bertz CT molecular complexity index is 467. The largest absolute Gasteiger partial charge is 0.495 e. The lowest BCUT2D eigenvalue weighted by Crippen LogP contribution is -2.15. The molecule has 1 N–H and O–H groups in total. The van der Waals surface area contributed by atoms with Crippen molar-refractivity contribution in [2.24, 2.45) is 0 Å². The zero-order valence-corrected chi connectivity index (χ0v) is 11.5. The van der Waals surface area contributed by atoms with Gasteiger partial charge in [0.1, 0.15) is 15.6 Å². The van der Waals surface area contributed by atoms with Gasteiger partial charge in [0.05, 0.1) is 7.11 Å². The van der Waals surface area contributed by atoms with E-state index >= 15 is 0 Å². The lowest BCUT2D eigenvalue weighted by Gasteiger charge is -1.97. The van der Waals surface area contributed by atoms with Crippen molar-refractivity contribution in [3.05, 3.63) is 16.5 Å². The second kappa shape index (κ2) is 6.09. The Kier molecular flexibility index (Phi) is 4.47. The summed E-state index contributed by atoms with van der Waals surface area (Å²) in [5.74, 6) is 0.879. The summed E-state index contributed by atoms with van der Waals surface area (Å²) < 4.78 is 5.28. The summed E-state index contributed by atoms with van der Waals surface area (Å²) >= 11 is 3.27. The molecule has 0 radical (unpaired) electrons. The molecule has 0 aliphatic heterocycles. The van der Waals surface area contributed by atoms with Gasteiger partial charge in [0.15, 0.2) is 5.01 Å². The Morgan fingerprint density at radius 2 is 2.29 bits per heavy atom. The lowest BCUT2D eigenvalue weighted by atomic mass is 10.4. The molecule has 0 fully saturated rings. The van der Waals surface area contributed by atoms with Gasteiger partial charge in [-0.15, -0.1) is 21.5 Å². The molecule has 0 saturated carbocycles. The van der Waals surface area contributed by atoms with Crippen LogP contribution in [0.25, 0.3) is 9.88 Å². The number of ether oxygens (including phenoxy) is 1. The topological polar surface area (TPSA) is 47.0 Å². The van der Waals surface area contributed by atoms with E-state index in [0.717, 1.165) is 40.2 Å². The molecule has 0 atom stereocenters. The highest BCUT2D eigenvalue weighted by atomic mass is 32.1. The van der Waals surface area contributed by atoms with Crippen LogP contribution in [0.3, 0.4) is 0 Å². The third-order valence-electron chi connectivity index (χ3n) is 2.28. The Hall–Kier alpha value is -0.980. The maximum atomic E-state index is 5.28. The van der Waals surface area contributed by atoms with Gasteiger partial charge < -0.3 is 10.1 Å². The fourth-order valence-electron chi connectivity index (χ4n) is 1.43. The molecule has 2 heterocycles. The molecule has 2 rings (SSSR count). The van der Waals surface area contributed by atoms with Crippen LogP contribution in [0, 0.1) is 0 Å². The molecule has 6 heteroatoms. The molecule has 0 bridgehead atoms. The van der Waals surface area contributed by atoms with Crippen LogP contribution in [0.2, 0.25) is 0 Å². The number of nitrogens with zero attached hydrogens (tertiary/aromatic N) is 2. The maximum Gasteiger partial charge on any atom is 0.161 e. The van der Waals surface area contributed by atoms with E-state index in [1.165, 1.54) is 0 Å². The van der Waals surface area contributed by atoms with E-state index in [4.69, 9.17) is 4.74 Å². The van der Waals surface area contributed by atoms with Gasteiger partial charge in [-0.2, -0.15) is 0 Å². The van der Waals surface area contributed by atoms with Crippen molar-refractivity contribution in [2.45, 2.75) is 13.3 Å². The summed E-state index contributed by atoms with van der Waals surface area (Å²) in [6.45, 7) is 4.04. The molecule has 92 valence electrons. The summed E-state index contributed by atoms with van der Waals surface area (Å²) in [6, 6.07) is 1.96. The molecule has 2 aromatic heterocycles. The summed E-state index contributed by atoms with van der Waals surface area (Å²) in [7, 11) is 1.68. The lowest BCUT2D eigenvalue weighted by molar-refractivity contribution is 0.418. The highest BCUT2D eigenvalue weighted by Crippen LogP contribution is 2.36. The van der Waals surface area contributed by atoms with Crippen LogP contribution in [-0.2, 0) is 6.42 Å². The Morgan fingerprint density at radius 1 is 1.41 bits per heavy atom. The Morgan fingerprint density at radius 3 is 3.06 bits per heavy atom. The van der Waals surface area contributed by atoms with Crippen molar-refractivity contribution in [1.29, 1.82) is 0 Å². The van der Waals surface area contributed by atoms with Crippen molar-refractivity contribution in [1.82, 2.24) is 15.5 Å². The minimum atomic E-state index is 0.879. The van der Waals surface area contributed by atoms with E-state index in [1.54, 1.807) is 29.8 Å². The number of hydrogen-bond donors (Lipinski definition) is 1. The van der Waals surface area contributed by atoms with E-state index in [1.807, 2.05) is 11.4 Å². The first-order chi connectivity index (χ1) is 8.35. The fourth-order valence-corrected chi connectivity index (χ4v) is 3.22. The smallest absolute Gasteiger partial charge is 0.161 e. The molecule has 2 aromatic rings. The molecule has 4 nitrogen and oxygen atoms in total. The molecular formula is C11H15N3OS2. The van der Waals surface area contributed by atoms with E-state index in [-0.39, 0.29) is 0 Å². The van der Waals surface area contributed by atoms with Crippen molar-refractivity contribution >= 4 is 22.7 Å². The monoisotopic (exact) mass is 269 g/mol. The summed E-state index contributed by atoms with van der Waals surface area (Å²) in [6.07, 6.45) is 0.930. The zero-order valence-electron chi connectivity index (χ0n) is 9.90. The second-order valence-corrected chi connectivity index (χ2v) is 5.40. The van der Waals surface area contributed by atoms with Crippen molar-refractivity contribution in [3.8, 4) is 15.6 Å². The first-order valence-electron chi connectivity index (χ1n) is 5.50. The SMILES string of the molecule is CCNCCc1nnc(-c2sccc2OC)s1. The van der Waals surface area contributed by atoms with Crippen LogP contribution in [-0.4, -0.2) is 30.4 Å². The van der Waals surface area contributed by atoms with Crippen molar-refractivity contribution < 1.29 is 4.74 Å². The van der Waals surface area contributed by atoms with Gasteiger partial charge in [-0.05, 0) is 18.0 Å². The van der Waals surface area contributed by atoms with Gasteiger partial charge in [-0.1, -0.05) is 18.3 Å². The molecule has 0 aliphatic carbocycles. The van der Waals surface area contributed by atoms with Crippen molar-refractivity contribution in [3.63, 3.8) is 0 Å². The van der Waals surface area contributed by atoms with Gasteiger partial charge in [0, 0.05) is 13.0 Å². The van der Waals surface area contributed by atoms with Crippen LogP contribution < -0.4 is 10.1 Å². The zero-order chi connectivity index (χ0) is 12.1. The number of methoxy groups -OCH3 is 1. The normalized spacial score (nSPS) is 10.7. The highest BCUT2D eigenvalue weighted by molar-refractivity contribution is 7.21. The predicted octanol–water partition coefficient (Wildman–Crippen LogP) is 2.43. The molecule has 0 spiro atoms. The minimum absolute atomic E-state index is 0.879. The van der Waals surface area contributed by atoms with Gasteiger partial charge in [0.2, 0.25) is 0 Å². The molecule has 0 aliphatic rings. The van der Waals surface area contributed by atoms with Crippen LogP contribution in [0.5, 0.6) is 5.75 Å². The summed E-state index contributed by atoms with van der Waals surface area (Å²) in [5, 5.41) is 15.7. The predicted molar refractivity (Wildman–Crippen MR) is 72.0 cm³/mol. The number of rotatable bonds is 6. The number of likely N-dealkylation sites (N-methyl/N-ethyl adjacent to an activating group) is 1. The summed E-state index contributed by atoms with van der Waals surface area (Å²) in [5.41, 5.74) is 0. The fraction of sp³-hybridized carbons (Fsp3) is 0.455. The van der Waals surface area contributed by atoms with Gasteiger partial charge >= 0.3 is 0 Å². The number of nitrogens with one attached hydrogen (secondary N) is 1. The molecule has 0 saturated heterocycles. The molecule has 0 aromatic carbocycles. The molecule has 17 heavy (non-hydrogen) atoms. The van der Waals surface area contributed by atoms with Gasteiger partial charge in [-0.25, -0.2) is 0 Å². The van der Waals surface area contributed by atoms with Gasteiger partial charge in [0.25, 0.3) is 0 Å². The van der Waals surface area contributed by atoms with Crippen molar-refractivity contribution in [2.75, 3.05) is 20.2 Å². The third kappa shape index (κ3) is 3.02. The van der Waals surface area contributed by atoms with E-state index in [0.29, 0.717) is 0 Å². The second-order valence-electron chi connectivity index (χ2n) is 3.42. The van der Waals surface area contributed by atoms with E-state index in [2.05, 4.69) is 22.4 Å². The minimum Gasteiger partial charge on any atom is -0.495 e.